The topological polar surface area (TPSA) is 64.0 Å². The molecule has 2 rings (SSSR count). The van der Waals surface area contributed by atoms with Crippen LogP contribution in [0.3, 0.4) is 0 Å². The highest BCUT2D eigenvalue weighted by atomic mass is 79.9. The monoisotopic (exact) mass is 363 g/mol. The molecule has 0 atom stereocenters. The standard InChI is InChI=1S/C16H18BrN3O2/c1-2-3-10-18-15(21)11-20-16(22)9-8-14(19-20)12-4-6-13(17)7-5-12/h4-9H,2-3,10-11H2,1H3,(H,18,21). The predicted octanol–water partition coefficient (Wildman–Crippen LogP) is 2.59. The van der Waals surface area contributed by atoms with E-state index in [-0.39, 0.29) is 18.0 Å². The number of aromatic nitrogens is 2. The van der Waals surface area contributed by atoms with Crippen LogP contribution in [0.15, 0.2) is 45.7 Å². The molecular formula is C16H18BrN3O2. The summed E-state index contributed by atoms with van der Waals surface area (Å²) < 4.78 is 2.17. The summed E-state index contributed by atoms with van der Waals surface area (Å²) in [5, 5.41) is 7.05. The van der Waals surface area contributed by atoms with Gasteiger partial charge in [0.2, 0.25) is 5.91 Å². The first-order chi connectivity index (χ1) is 10.6. The molecule has 2 aromatic rings. The Labute approximate surface area is 137 Å². The van der Waals surface area contributed by atoms with Gasteiger partial charge in [-0.15, -0.1) is 0 Å². The minimum Gasteiger partial charge on any atom is -0.354 e. The van der Waals surface area contributed by atoms with Crippen molar-refractivity contribution in [1.29, 1.82) is 0 Å². The Bertz CT molecular complexity index is 695. The van der Waals surface area contributed by atoms with E-state index in [1.807, 2.05) is 24.3 Å². The zero-order chi connectivity index (χ0) is 15.9. The second-order valence-electron chi connectivity index (χ2n) is 4.92. The molecule has 5 nitrogen and oxygen atoms in total. The van der Waals surface area contributed by atoms with Crippen LogP contribution in [0.2, 0.25) is 0 Å². The Morgan fingerprint density at radius 2 is 1.95 bits per heavy atom. The van der Waals surface area contributed by atoms with Crippen LogP contribution in [0.25, 0.3) is 11.3 Å². The molecule has 0 saturated carbocycles. The maximum Gasteiger partial charge on any atom is 0.267 e. The first-order valence-corrected chi connectivity index (χ1v) is 8.00. The molecule has 0 aliphatic carbocycles. The van der Waals surface area contributed by atoms with Crippen LogP contribution >= 0.6 is 15.9 Å². The van der Waals surface area contributed by atoms with Crippen LogP contribution in [-0.4, -0.2) is 22.2 Å². The van der Waals surface area contributed by atoms with Gasteiger partial charge >= 0.3 is 0 Å². The number of rotatable bonds is 6. The van der Waals surface area contributed by atoms with Crippen molar-refractivity contribution in [2.75, 3.05) is 6.54 Å². The fourth-order valence-corrected chi connectivity index (χ4v) is 2.20. The number of nitrogens with zero attached hydrogens (tertiary/aromatic N) is 2. The summed E-state index contributed by atoms with van der Waals surface area (Å²) in [6, 6.07) is 10.7. The van der Waals surface area contributed by atoms with Crippen molar-refractivity contribution in [2.45, 2.75) is 26.3 Å². The SMILES string of the molecule is CCCCNC(=O)Cn1nc(-c2ccc(Br)cc2)ccc1=O. The summed E-state index contributed by atoms with van der Waals surface area (Å²) in [6.45, 7) is 2.61. The van der Waals surface area contributed by atoms with Crippen LogP contribution in [0.1, 0.15) is 19.8 Å². The van der Waals surface area contributed by atoms with Crippen molar-refractivity contribution in [1.82, 2.24) is 15.1 Å². The Morgan fingerprint density at radius 3 is 2.64 bits per heavy atom. The van der Waals surface area contributed by atoms with Crippen molar-refractivity contribution >= 4 is 21.8 Å². The minimum atomic E-state index is -0.286. The number of nitrogens with one attached hydrogen (secondary N) is 1. The number of carbonyl (C=O) groups is 1. The van der Waals surface area contributed by atoms with Gasteiger partial charge in [-0.3, -0.25) is 9.59 Å². The highest BCUT2D eigenvalue weighted by molar-refractivity contribution is 9.10. The van der Waals surface area contributed by atoms with Crippen molar-refractivity contribution in [3.63, 3.8) is 0 Å². The smallest absolute Gasteiger partial charge is 0.267 e. The molecule has 1 amide bonds. The molecule has 0 saturated heterocycles. The van der Waals surface area contributed by atoms with Crippen molar-refractivity contribution in [3.05, 3.63) is 51.2 Å². The second kappa shape index (κ2) is 7.89. The molecule has 22 heavy (non-hydrogen) atoms. The molecule has 1 aromatic heterocycles. The lowest BCUT2D eigenvalue weighted by molar-refractivity contribution is -0.121. The maximum atomic E-state index is 11.8. The molecule has 0 bridgehead atoms. The summed E-state index contributed by atoms with van der Waals surface area (Å²) in [6.07, 6.45) is 1.94. The van der Waals surface area contributed by atoms with E-state index < -0.39 is 0 Å². The van der Waals surface area contributed by atoms with Crippen LogP contribution < -0.4 is 10.9 Å². The van der Waals surface area contributed by atoms with Crippen molar-refractivity contribution in [2.24, 2.45) is 0 Å². The first kappa shape index (κ1) is 16.4. The molecule has 1 heterocycles. The average Bonchev–Trinajstić information content (AvgIpc) is 2.51. The third kappa shape index (κ3) is 4.53. The van der Waals surface area contributed by atoms with Crippen LogP contribution in [0.5, 0.6) is 0 Å². The normalized spacial score (nSPS) is 10.5. The van der Waals surface area contributed by atoms with E-state index >= 15 is 0 Å². The summed E-state index contributed by atoms with van der Waals surface area (Å²) in [4.78, 5) is 23.7. The number of unbranched alkanes of at least 4 members (excludes halogenated alkanes) is 1. The van der Waals surface area contributed by atoms with E-state index in [2.05, 4.69) is 33.3 Å². The Morgan fingerprint density at radius 1 is 1.23 bits per heavy atom. The molecular weight excluding hydrogens is 346 g/mol. The molecule has 116 valence electrons. The summed E-state index contributed by atoms with van der Waals surface area (Å²) in [7, 11) is 0. The Kier molecular flexibility index (Phi) is 5.89. The lowest BCUT2D eigenvalue weighted by atomic mass is 10.1. The van der Waals surface area contributed by atoms with Gasteiger partial charge in [-0.2, -0.15) is 5.10 Å². The molecule has 0 aliphatic rings. The van der Waals surface area contributed by atoms with Crippen LogP contribution in [-0.2, 0) is 11.3 Å². The van der Waals surface area contributed by atoms with Gasteiger partial charge < -0.3 is 5.32 Å². The summed E-state index contributed by atoms with van der Waals surface area (Å²) >= 11 is 3.38. The summed E-state index contributed by atoms with van der Waals surface area (Å²) in [5.41, 5.74) is 1.27. The van der Waals surface area contributed by atoms with Crippen molar-refractivity contribution in [3.8, 4) is 11.3 Å². The van der Waals surface area contributed by atoms with Gasteiger partial charge in [-0.25, -0.2) is 4.68 Å². The molecule has 6 heteroatoms. The fourth-order valence-electron chi connectivity index (χ4n) is 1.93. The van der Waals surface area contributed by atoms with Gasteiger partial charge in [0.05, 0.1) is 5.69 Å². The quantitative estimate of drug-likeness (QED) is 0.802. The zero-order valence-electron chi connectivity index (χ0n) is 12.4. The van der Waals surface area contributed by atoms with E-state index in [4.69, 9.17) is 0 Å². The first-order valence-electron chi connectivity index (χ1n) is 7.21. The second-order valence-corrected chi connectivity index (χ2v) is 5.84. The molecule has 1 N–H and O–H groups in total. The maximum absolute atomic E-state index is 11.8. The average molecular weight is 364 g/mol. The third-order valence-corrected chi connectivity index (χ3v) is 3.68. The molecule has 0 radical (unpaired) electrons. The fraction of sp³-hybridized carbons (Fsp3) is 0.312. The number of benzene rings is 1. The molecule has 0 fully saturated rings. The minimum absolute atomic E-state index is 0.0626. The zero-order valence-corrected chi connectivity index (χ0v) is 14.0. The highest BCUT2D eigenvalue weighted by Gasteiger charge is 2.07. The number of halogens is 1. The Balaban J connectivity index is 2.15. The van der Waals surface area contributed by atoms with E-state index in [1.54, 1.807) is 6.07 Å². The van der Waals surface area contributed by atoms with E-state index in [0.717, 1.165) is 22.9 Å². The number of amides is 1. The molecule has 0 unspecified atom stereocenters. The van der Waals surface area contributed by atoms with Gasteiger partial charge in [-0.05, 0) is 24.6 Å². The van der Waals surface area contributed by atoms with Crippen molar-refractivity contribution < 1.29 is 4.79 Å². The number of hydrogen-bond donors (Lipinski definition) is 1. The van der Waals surface area contributed by atoms with Gasteiger partial charge in [0.25, 0.3) is 5.56 Å². The van der Waals surface area contributed by atoms with E-state index in [1.165, 1.54) is 10.7 Å². The lowest BCUT2D eigenvalue weighted by Crippen LogP contribution is -2.33. The van der Waals surface area contributed by atoms with Gasteiger partial charge in [0.15, 0.2) is 0 Å². The summed E-state index contributed by atoms with van der Waals surface area (Å²) in [5.74, 6) is -0.198. The highest BCUT2D eigenvalue weighted by Crippen LogP contribution is 2.18. The van der Waals surface area contributed by atoms with Gasteiger partial charge in [0, 0.05) is 22.6 Å². The van der Waals surface area contributed by atoms with E-state index in [0.29, 0.717) is 12.2 Å². The third-order valence-electron chi connectivity index (χ3n) is 3.15. The van der Waals surface area contributed by atoms with E-state index in [9.17, 15) is 9.59 Å². The Hall–Kier alpha value is -1.95. The lowest BCUT2D eigenvalue weighted by Gasteiger charge is -2.08. The number of carbonyl (C=O) groups excluding carboxylic acids is 1. The molecule has 1 aromatic carbocycles. The number of hydrogen-bond acceptors (Lipinski definition) is 3. The van der Waals surface area contributed by atoms with Crippen LogP contribution in [0.4, 0.5) is 0 Å². The van der Waals surface area contributed by atoms with Gasteiger partial charge in [0.1, 0.15) is 6.54 Å². The molecule has 0 aliphatic heterocycles. The predicted molar refractivity (Wildman–Crippen MR) is 89.6 cm³/mol. The van der Waals surface area contributed by atoms with Crippen LogP contribution in [0, 0.1) is 0 Å². The largest absolute Gasteiger partial charge is 0.354 e. The molecule has 0 spiro atoms. The van der Waals surface area contributed by atoms with Gasteiger partial charge in [-0.1, -0.05) is 41.4 Å².